The number of benzene rings is 1. The standard InChI is InChI=1S/C20H28N6O.HI/c1-4-15-14(18(5-2)27-26-15)13-23-20(21-3)22-12-8-11-19-24-16-9-6-7-10-17(16)25-19;/h6-7,9-10H,4-5,8,11-13H2,1-3H3,(H,24,25)(H2,21,22,23);1H. The fraction of sp³-hybridized carbons (Fsp3) is 0.450. The Morgan fingerprint density at radius 3 is 2.71 bits per heavy atom. The molecule has 0 unspecified atom stereocenters. The third-order valence-electron chi connectivity index (χ3n) is 4.58. The van der Waals surface area contributed by atoms with Gasteiger partial charge in [-0.25, -0.2) is 4.98 Å². The van der Waals surface area contributed by atoms with Gasteiger partial charge in [0.15, 0.2) is 5.96 Å². The van der Waals surface area contributed by atoms with Gasteiger partial charge in [0.2, 0.25) is 0 Å². The molecule has 0 amide bonds. The van der Waals surface area contributed by atoms with Gasteiger partial charge in [-0.15, -0.1) is 24.0 Å². The van der Waals surface area contributed by atoms with Gasteiger partial charge in [-0.1, -0.05) is 31.1 Å². The number of aromatic amines is 1. The van der Waals surface area contributed by atoms with Crippen molar-refractivity contribution in [2.45, 2.75) is 46.1 Å². The third kappa shape index (κ3) is 5.46. The number of aliphatic imine (C=N–C) groups is 1. The number of aromatic nitrogens is 3. The maximum atomic E-state index is 5.41. The lowest BCUT2D eigenvalue weighted by Crippen LogP contribution is -2.37. The van der Waals surface area contributed by atoms with Gasteiger partial charge in [-0.2, -0.15) is 0 Å². The van der Waals surface area contributed by atoms with E-state index in [-0.39, 0.29) is 24.0 Å². The maximum absolute atomic E-state index is 5.41. The highest BCUT2D eigenvalue weighted by Gasteiger charge is 2.13. The van der Waals surface area contributed by atoms with Crippen LogP contribution in [0.5, 0.6) is 0 Å². The molecule has 3 N–H and O–H groups in total. The zero-order chi connectivity index (χ0) is 19.1. The van der Waals surface area contributed by atoms with Crippen molar-refractivity contribution in [2.75, 3.05) is 13.6 Å². The molecular formula is C20H29IN6O. The number of hydrogen-bond acceptors (Lipinski definition) is 4. The topological polar surface area (TPSA) is 91.1 Å². The Morgan fingerprint density at radius 1 is 1.18 bits per heavy atom. The number of hydrogen-bond donors (Lipinski definition) is 3. The Bertz CT molecular complexity index is 847. The summed E-state index contributed by atoms with van der Waals surface area (Å²) >= 11 is 0. The van der Waals surface area contributed by atoms with Crippen LogP contribution in [0, 0.1) is 0 Å². The zero-order valence-electron chi connectivity index (χ0n) is 16.7. The quantitative estimate of drug-likeness (QED) is 0.192. The van der Waals surface area contributed by atoms with Crippen LogP contribution in [0.2, 0.25) is 0 Å². The first-order valence-electron chi connectivity index (χ1n) is 9.59. The monoisotopic (exact) mass is 496 g/mol. The van der Waals surface area contributed by atoms with Crippen LogP contribution in [0.1, 0.15) is 43.1 Å². The molecule has 2 heterocycles. The largest absolute Gasteiger partial charge is 0.361 e. The van der Waals surface area contributed by atoms with Crippen LogP contribution in [-0.2, 0) is 25.8 Å². The Hall–Kier alpha value is -2.10. The van der Waals surface area contributed by atoms with Gasteiger partial charge in [-0.05, 0) is 25.0 Å². The Morgan fingerprint density at radius 2 is 2.00 bits per heavy atom. The molecule has 0 bridgehead atoms. The van der Waals surface area contributed by atoms with Gasteiger partial charge in [0.25, 0.3) is 0 Å². The van der Waals surface area contributed by atoms with Crippen molar-refractivity contribution in [3.8, 4) is 0 Å². The van der Waals surface area contributed by atoms with Crippen LogP contribution < -0.4 is 10.6 Å². The molecular weight excluding hydrogens is 467 g/mol. The highest BCUT2D eigenvalue weighted by atomic mass is 127. The minimum absolute atomic E-state index is 0. The molecule has 0 aliphatic rings. The maximum Gasteiger partial charge on any atom is 0.191 e. The van der Waals surface area contributed by atoms with Gasteiger partial charge in [0.05, 0.1) is 16.7 Å². The summed E-state index contributed by atoms with van der Waals surface area (Å²) in [5.74, 6) is 2.75. The van der Waals surface area contributed by atoms with Crippen molar-refractivity contribution in [2.24, 2.45) is 4.99 Å². The lowest BCUT2D eigenvalue weighted by atomic mass is 10.1. The highest BCUT2D eigenvalue weighted by Crippen LogP contribution is 2.15. The van der Waals surface area contributed by atoms with E-state index in [4.69, 9.17) is 4.52 Å². The van der Waals surface area contributed by atoms with Crippen molar-refractivity contribution in [1.82, 2.24) is 25.8 Å². The summed E-state index contributed by atoms with van der Waals surface area (Å²) < 4.78 is 5.41. The first-order chi connectivity index (χ1) is 13.2. The molecule has 0 atom stereocenters. The van der Waals surface area contributed by atoms with E-state index in [0.717, 1.165) is 72.1 Å². The van der Waals surface area contributed by atoms with Crippen LogP contribution in [-0.4, -0.2) is 34.7 Å². The lowest BCUT2D eigenvalue weighted by molar-refractivity contribution is 0.380. The van der Waals surface area contributed by atoms with Crippen molar-refractivity contribution in [3.05, 3.63) is 47.1 Å². The number of imidazole rings is 1. The number of rotatable bonds is 8. The number of nitrogens with one attached hydrogen (secondary N) is 3. The normalized spacial score (nSPS) is 11.5. The summed E-state index contributed by atoms with van der Waals surface area (Å²) in [6, 6.07) is 8.10. The molecule has 0 fully saturated rings. The average Bonchev–Trinajstić information content (AvgIpc) is 3.30. The highest BCUT2D eigenvalue weighted by molar-refractivity contribution is 14.0. The van der Waals surface area contributed by atoms with E-state index in [9.17, 15) is 0 Å². The van der Waals surface area contributed by atoms with Crippen LogP contribution in [0.3, 0.4) is 0 Å². The molecule has 0 aliphatic heterocycles. The number of H-pyrrole nitrogens is 1. The molecule has 7 nitrogen and oxygen atoms in total. The second kappa shape index (κ2) is 11.0. The van der Waals surface area contributed by atoms with Crippen molar-refractivity contribution < 1.29 is 4.52 Å². The minimum atomic E-state index is 0. The Balaban J connectivity index is 0.00000280. The van der Waals surface area contributed by atoms with E-state index >= 15 is 0 Å². The lowest BCUT2D eigenvalue weighted by Gasteiger charge is -2.12. The number of halogens is 1. The fourth-order valence-corrected chi connectivity index (χ4v) is 3.12. The van der Waals surface area contributed by atoms with Crippen molar-refractivity contribution in [3.63, 3.8) is 0 Å². The van der Waals surface area contributed by atoms with E-state index < -0.39 is 0 Å². The number of fused-ring (bicyclic) bond motifs is 1. The molecule has 1 aromatic carbocycles. The van der Waals surface area contributed by atoms with Gasteiger partial charge >= 0.3 is 0 Å². The van der Waals surface area contributed by atoms with Gasteiger partial charge in [-0.3, -0.25) is 4.99 Å². The molecule has 0 saturated heterocycles. The summed E-state index contributed by atoms with van der Waals surface area (Å²) in [5, 5.41) is 10.9. The van der Waals surface area contributed by atoms with Crippen LogP contribution in [0.25, 0.3) is 11.0 Å². The predicted octanol–water partition coefficient (Wildman–Crippen LogP) is 3.59. The van der Waals surface area contributed by atoms with E-state index in [1.807, 2.05) is 18.2 Å². The molecule has 0 radical (unpaired) electrons. The molecule has 0 aliphatic carbocycles. The molecule has 0 spiro atoms. The molecule has 28 heavy (non-hydrogen) atoms. The van der Waals surface area contributed by atoms with E-state index in [1.165, 1.54) is 0 Å². The number of aryl methyl sites for hydroxylation is 3. The first-order valence-corrected chi connectivity index (χ1v) is 9.59. The van der Waals surface area contributed by atoms with E-state index in [2.05, 4.69) is 50.7 Å². The summed E-state index contributed by atoms with van der Waals surface area (Å²) in [7, 11) is 1.78. The smallest absolute Gasteiger partial charge is 0.191 e. The third-order valence-corrected chi connectivity index (χ3v) is 4.58. The first kappa shape index (κ1) is 22.2. The average molecular weight is 496 g/mol. The molecule has 2 aromatic heterocycles. The number of para-hydroxylation sites is 2. The van der Waals surface area contributed by atoms with Crippen LogP contribution >= 0.6 is 24.0 Å². The van der Waals surface area contributed by atoms with E-state index in [0.29, 0.717) is 6.54 Å². The van der Waals surface area contributed by atoms with Crippen LogP contribution in [0.4, 0.5) is 0 Å². The van der Waals surface area contributed by atoms with Crippen LogP contribution in [0.15, 0.2) is 33.8 Å². The minimum Gasteiger partial charge on any atom is -0.361 e. The summed E-state index contributed by atoms with van der Waals surface area (Å²) in [5.41, 5.74) is 4.26. The number of guanidine groups is 1. The van der Waals surface area contributed by atoms with Gasteiger partial charge in [0.1, 0.15) is 11.6 Å². The Kier molecular flexibility index (Phi) is 8.75. The summed E-state index contributed by atoms with van der Waals surface area (Å²) in [6.45, 7) is 5.65. The number of nitrogens with zero attached hydrogens (tertiary/aromatic N) is 3. The van der Waals surface area contributed by atoms with Crippen molar-refractivity contribution >= 4 is 41.0 Å². The van der Waals surface area contributed by atoms with Gasteiger partial charge < -0.3 is 20.1 Å². The SMILES string of the molecule is CCc1noc(CC)c1CNC(=NC)NCCCc1nc2ccccc2[nH]1.I. The second-order valence-electron chi connectivity index (χ2n) is 6.39. The van der Waals surface area contributed by atoms with Gasteiger partial charge in [0, 0.05) is 38.5 Å². The van der Waals surface area contributed by atoms with Crippen molar-refractivity contribution in [1.29, 1.82) is 0 Å². The summed E-state index contributed by atoms with van der Waals surface area (Å²) in [6.07, 6.45) is 3.57. The molecule has 3 aromatic rings. The Labute approximate surface area is 182 Å². The van der Waals surface area contributed by atoms with E-state index in [1.54, 1.807) is 7.05 Å². The predicted molar refractivity (Wildman–Crippen MR) is 123 cm³/mol. The fourth-order valence-electron chi connectivity index (χ4n) is 3.12. The molecule has 0 saturated carbocycles. The molecule has 3 rings (SSSR count). The molecule has 152 valence electrons. The summed E-state index contributed by atoms with van der Waals surface area (Å²) in [4.78, 5) is 12.3. The zero-order valence-corrected chi connectivity index (χ0v) is 19.0. The molecule has 8 heteroatoms. The second-order valence-corrected chi connectivity index (χ2v) is 6.39.